The lowest BCUT2D eigenvalue weighted by Crippen LogP contribution is -2.42. The van der Waals surface area contributed by atoms with Crippen LogP contribution in [-0.2, 0) is 17.7 Å². The smallest absolute Gasteiger partial charge is 0.0594 e. The predicted octanol–water partition coefficient (Wildman–Crippen LogP) is 1.44. The molecule has 0 aromatic carbocycles. The molecule has 4 heteroatoms. The number of ether oxygens (including phenoxy) is 1. The molecular formula is C13H20N2OS. The molecule has 0 N–H and O–H groups in total. The Kier molecular flexibility index (Phi) is 3.76. The molecule has 1 aromatic rings. The van der Waals surface area contributed by atoms with Crippen molar-refractivity contribution < 1.29 is 4.74 Å². The van der Waals surface area contributed by atoms with Crippen LogP contribution < -0.4 is 0 Å². The van der Waals surface area contributed by atoms with Gasteiger partial charge in [-0.25, -0.2) is 0 Å². The number of hydrogen-bond donors (Lipinski definition) is 0. The van der Waals surface area contributed by atoms with E-state index in [9.17, 15) is 0 Å². The Morgan fingerprint density at radius 2 is 1.94 bits per heavy atom. The van der Waals surface area contributed by atoms with Crippen molar-refractivity contribution in [3.05, 3.63) is 21.9 Å². The molecule has 0 saturated carbocycles. The highest BCUT2D eigenvalue weighted by Gasteiger charge is 2.18. The molecule has 0 unspecified atom stereocenters. The highest BCUT2D eigenvalue weighted by molar-refractivity contribution is 7.10. The molecule has 0 spiro atoms. The average Bonchev–Trinajstić information content (AvgIpc) is 2.85. The molecule has 0 bridgehead atoms. The highest BCUT2D eigenvalue weighted by Crippen LogP contribution is 2.23. The summed E-state index contributed by atoms with van der Waals surface area (Å²) < 4.78 is 5.37. The van der Waals surface area contributed by atoms with Gasteiger partial charge < -0.3 is 4.74 Å². The summed E-state index contributed by atoms with van der Waals surface area (Å²) in [4.78, 5) is 6.71. The van der Waals surface area contributed by atoms with E-state index in [1.165, 1.54) is 26.1 Å². The van der Waals surface area contributed by atoms with Crippen molar-refractivity contribution in [2.45, 2.75) is 13.0 Å². The molecule has 17 heavy (non-hydrogen) atoms. The second kappa shape index (κ2) is 5.48. The van der Waals surface area contributed by atoms with Crippen LogP contribution in [0, 0.1) is 0 Å². The lowest BCUT2D eigenvalue weighted by Gasteiger charge is -2.31. The van der Waals surface area contributed by atoms with Crippen molar-refractivity contribution >= 4 is 11.3 Å². The largest absolute Gasteiger partial charge is 0.379 e. The van der Waals surface area contributed by atoms with Crippen LogP contribution in [0.2, 0.25) is 0 Å². The van der Waals surface area contributed by atoms with E-state index < -0.39 is 0 Å². The van der Waals surface area contributed by atoms with Crippen LogP contribution in [0.3, 0.4) is 0 Å². The van der Waals surface area contributed by atoms with Gasteiger partial charge in [-0.15, -0.1) is 11.3 Å². The average molecular weight is 252 g/mol. The molecule has 3 rings (SSSR count). The second-order valence-corrected chi connectivity index (χ2v) is 5.85. The van der Waals surface area contributed by atoms with Crippen LogP contribution in [0.4, 0.5) is 0 Å². The van der Waals surface area contributed by atoms with Gasteiger partial charge in [0.1, 0.15) is 0 Å². The molecule has 0 aliphatic carbocycles. The maximum atomic E-state index is 5.37. The zero-order valence-electron chi connectivity index (χ0n) is 10.2. The monoisotopic (exact) mass is 252 g/mol. The maximum absolute atomic E-state index is 5.37. The van der Waals surface area contributed by atoms with Crippen molar-refractivity contribution in [1.29, 1.82) is 0 Å². The lowest BCUT2D eigenvalue weighted by atomic mass is 10.1. The van der Waals surface area contributed by atoms with E-state index in [0.29, 0.717) is 0 Å². The number of rotatable bonds is 3. The van der Waals surface area contributed by atoms with Crippen molar-refractivity contribution in [3.8, 4) is 0 Å². The normalized spacial score (nSPS) is 22.6. The van der Waals surface area contributed by atoms with Gasteiger partial charge in [-0.05, 0) is 23.4 Å². The molecule has 3 nitrogen and oxygen atoms in total. The van der Waals surface area contributed by atoms with Crippen LogP contribution in [-0.4, -0.2) is 55.7 Å². The molecule has 1 aromatic heterocycles. The molecule has 1 fully saturated rings. The Labute approximate surface area is 107 Å². The Morgan fingerprint density at radius 1 is 1.12 bits per heavy atom. The van der Waals surface area contributed by atoms with Crippen molar-refractivity contribution in [1.82, 2.24) is 9.80 Å². The standard InChI is InChI=1S/C13H20N2OS/c1-3-15(11-12-2-10-17-13(1)12)5-4-14-6-8-16-9-7-14/h2,10H,1,3-9,11H2. The zero-order chi connectivity index (χ0) is 11.5. The summed E-state index contributed by atoms with van der Waals surface area (Å²) in [6, 6.07) is 2.29. The number of hydrogen-bond acceptors (Lipinski definition) is 4. The van der Waals surface area contributed by atoms with Crippen LogP contribution in [0.1, 0.15) is 10.4 Å². The van der Waals surface area contributed by atoms with Gasteiger partial charge in [0.25, 0.3) is 0 Å². The zero-order valence-corrected chi connectivity index (χ0v) is 11.0. The number of morpholine rings is 1. The van der Waals surface area contributed by atoms with E-state index in [0.717, 1.165) is 32.8 Å². The second-order valence-electron chi connectivity index (χ2n) is 4.85. The molecule has 3 heterocycles. The first-order chi connectivity index (χ1) is 8.42. The van der Waals surface area contributed by atoms with E-state index in [4.69, 9.17) is 4.74 Å². The number of fused-ring (bicyclic) bond motifs is 1. The third-order valence-corrected chi connectivity index (χ3v) is 4.75. The SMILES string of the molecule is c1cc2c(s1)CCN(CCN1CCOCC1)C2. The fourth-order valence-corrected chi connectivity index (χ4v) is 3.50. The third kappa shape index (κ3) is 2.88. The minimum Gasteiger partial charge on any atom is -0.379 e. The highest BCUT2D eigenvalue weighted by atomic mass is 32.1. The Morgan fingerprint density at radius 3 is 2.82 bits per heavy atom. The molecule has 0 atom stereocenters. The molecule has 2 aliphatic heterocycles. The van der Waals surface area contributed by atoms with E-state index in [2.05, 4.69) is 21.2 Å². The van der Waals surface area contributed by atoms with E-state index in [-0.39, 0.29) is 0 Å². The summed E-state index contributed by atoms with van der Waals surface area (Å²) in [6.07, 6.45) is 1.25. The molecule has 0 amide bonds. The molecule has 94 valence electrons. The predicted molar refractivity (Wildman–Crippen MR) is 70.6 cm³/mol. The Hall–Kier alpha value is -0.420. The van der Waals surface area contributed by atoms with Gasteiger partial charge in [0.05, 0.1) is 13.2 Å². The van der Waals surface area contributed by atoms with Crippen molar-refractivity contribution in [3.63, 3.8) is 0 Å². The number of nitrogens with zero attached hydrogens (tertiary/aromatic N) is 2. The molecule has 0 radical (unpaired) electrons. The summed E-state index contributed by atoms with van der Waals surface area (Å²) in [5.74, 6) is 0. The summed E-state index contributed by atoms with van der Waals surface area (Å²) >= 11 is 1.92. The van der Waals surface area contributed by atoms with Crippen LogP contribution in [0.5, 0.6) is 0 Å². The van der Waals surface area contributed by atoms with Gasteiger partial charge in [-0.3, -0.25) is 9.80 Å². The topological polar surface area (TPSA) is 15.7 Å². The first-order valence-corrected chi connectivity index (χ1v) is 7.37. The fraction of sp³-hybridized carbons (Fsp3) is 0.692. The minimum atomic E-state index is 0.911. The fourth-order valence-electron chi connectivity index (χ4n) is 2.61. The summed E-state index contributed by atoms with van der Waals surface area (Å²) in [6.45, 7) is 8.83. The summed E-state index contributed by atoms with van der Waals surface area (Å²) in [5, 5.41) is 2.23. The van der Waals surface area contributed by atoms with Crippen LogP contribution >= 0.6 is 11.3 Å². The van der Waals surface area contributed by atoms with E-state index in [1.807, 2.05) is 11.3 Å². The van der Waals surface area contributed by atoms with E-state index in [1.54, 1.807) is 10.4 Å². The van der Waals surface area contributed by atoms with Gasteiger partial charge >= 0.3 is 0 Å². The van der Waals surface area contributed by atoms with Crippen LogP contribution in [0.15, 0.2) is 11.4 Å². The van der Waals surface area contributed by atoms with Gasteiger partial charge in [0.2, 0.25) is 0 Å². The Bertz CT molecular complexity index is 360. The van der Waals surface area contributed by atoms with Crippen LogP contribution in [0.25, 0.3) is 0 Å². The maximum Gasteiger partial charge on any atom is 0.0594 e. The first kappa shape index (κ1) is 11.7. The van der Waals surface area contributed by atoms with Gasteiger partial charge in [-0.1, -0.05) is 0 Å². The first-order valence-electron chi connectivity index (χ1n) is 6.49. The van der Waals surface area contributed by atoms with Gasteiger partial charge in [0, 0.05) is 44.1 Å². The van der Waals surface area contributed by atoms with Gasteiger partial charge in [-0.2, -0.15) is 0 Å². The van der Waals surface area contributed by atoms with Crippen molar-refractivity contribution in [2.75, 3.05) is 45.9 Å². The van der Waals surface area contributed by atoms with Gasteiger partial charge in [0.15, 0.2) is 0 Å². The Balaban J connectivity index is 1.47. The summed E-state index contributed by atoms with van der Waals surface area (Å²) in [5.41, 5.74) is 1.56. The molecule has 2 aliphatic rings. The quantitative estimate of drug-likeness (QED) is 0.809. The molecule has 1 saturated heterocycles. The summed E-state index contributed by atoms with van der Waals surface area (Å²) in [7, 11) is 0. The molecular weight excluding hydrogens is 232 g/mol. The van der Waals surface area contributed by atoms with E-state index >= 15 is 0 Å². The van der Waals surface area contributed by atoms with Crippen molar-refractivity contribution in [2.24, 2.45) is 0 Å². The lowest BCUT2D eigenvalue weighted by molar-refractivity contribution is 0.0327. The minimum absolute atomic E-state index is 0.911. The third-order valence-electron chi connectivity index (χ3n) is 3.72. The number of thiophene rings is 1.